The third-order valence-corrected chi connectivity index (χ3v) is 3.41. The number of rotatable bonds is 3. The number of hydrogen-bond acceptors (Lipinski definition) is 2. The predicted molar refractivity (Wildman–Crippen MR) is 84.3 cm³/mol. The smallest absolute Gasteiger partial charge is 0.272 e. The van der Waals surface area contributed by atoms with Gasteiger partial charge in [0.2, 0.25) is 0 Å². The molecule has 0 aliphatic carbocycles. The topological polar surface area (TPSA) is 54.1 Å². The molecule has 0 aliphatic rings. The van der Waals surface area contributed by atoms with E-state index in [1.165, 1.54) is 0 Å². The summed E-state index contributed by atoms with van der Waals surface area (Å²) in [4.78, 5) is 15.3. The molecular formula is C16H13ClN2O2. The van der Waals surface area contributed by atoms with E-state index in [9.17, 15) is 4.79 Å². The highest BCUT2D eigenvalue weighted by molar-refractivity contribution is 6.31. The molecular weight excluding hydrogens is 288 g/mol. The van der Waals surface area contributed by atoms with Gasteiger partial charge in [-0.05, 0) is 42.5 Å². The number of ether oxygens (including phenoxy) is 1. The van der Waals surface area contributed by atoms with E-state index in [2.05, 4.69) is 10.3 Å². The van der Waals surface area contributed by atoms with Gasteiger partial charge in [0.15, 0.2) is 0 Å². The van der Waals surface area contributed by atoms with Crippen molar-refractivity contribution in [2.75, 3.05) is 12.4 Å². The lowest BCUT2D eigenvalue weighted by atomic mass is 10.2. The van der Waals surface area contributed by atoms with Gasteiger partial charge in [0.1, 0.15) is 11.4 Å². The number of aromatic amines is 1. The quantitative estimate of drug-likeness (QED) is 0.765. The first-order valence-corrected chi connectivity index (χ1v) is 6.77. The molecule has 3 aromatic rings. The van der Waals surface area contributed by atoms with Gasteiger partial charge in [0.25, 0.3) is 5.91 Å². The predicted octanol–water partition coefficient (Wildman–Crippen LogP) is 4.08. The third kappa shape index (κ3) is 2.85. The number of halogens is 1. The maximum atomic E-state index is 12.2. The van der Waals surface area contributed by atoms with Crippen LogP contribution in [0.5, 0.6) is 5.75 Å². The van der Waals surface area contributed by atoms with Gasteiger partial charge in [-0.1, -0.05) is 17.7 Å². The van der Waals surface area contributed by atoms with Crippen molar-refractivity contribution in [3.8, 4) is 5.75 Å². The average molecular weight is 301 g/mol. The molecule has 3 rings (SSSR count). The summed E-state index contributed by atoms with van der Waals surface area (Å²) in [6, 6.07) is 14.4. The minimum absolute atomic E-state index is 0.201. The van der Waals surface area contributed by atoms with Crippen molar-refractivity contribution in [1.82, 2.24) is 4.98 Å². The number of H-pyrrole nitrogens is 1. The fraction of sp³-hybridized carbons (Fsp3) is 0.0625. The SMILES string of the molecule is COc1ccc(NC(=O)c2cc3ccc(Cl)cc3[nH]2)cc1. The van der Waals surface area contributed by atoms with Crippen LogP contribution in [0.1, 0.15) is 10.5 Å². The van der Waals surface area contributed by atoms with Gasteiger partial charge in [-0.3, -0.25) is 4.79 Å². The van der Waals surface area contributed by atoms with Crippen LogP contribution in [0.3, 0.4) is 0 Å². The maximum absolute atomic E-state index is 12.2. The first-order valence-electron chi connectivity index (χ1n) is 6.39. The van der Waals surface area contributed by atoms with E-state index in [-0.39, 0.29) is 5.91 Å². The third-order valence-electron chi connectivity index (χ3n) is 3.18. The van der Waals surface area contributed by atoms with Gasteiger partial charge in [-0.15, -0.1) is 0 Å². The van der Waals surface area contributed by atoms with E-state index in [0.717, 1.165) is 16.7 Å². The standard InChI is InChI=1S/C16H13ClN2O2/c1-21-13-6-4-12(5-7-13)18-16(20)15-8-10-2-3-11(17)9-14(10)19-15/h2-9,19H,1H3,(H,18,20). The molecule has 0 unspecified atom stereocenters. The Morgan fingerprint density at radius 3 is 2.62 bits per heavy atom. The van der Waals surface area contributed by atoms with Crippen molar-refractivity contribution < 1.29 is 9.53 Å². The lowest BCUT2D eigenvalue weighted by Gasteiger charge is -2.04. The molecule has 4 nitrogen and oxygen atoms in total. The number of amides is 1. The molecule has 5 heteroatoms. The zero-order valence-electron chi connectivity index (χ0n) is 11.3. The molecule has 0 atom stereocenters. The Labute approximate surface area is 126 Å². The monoisotopic (exact) mass is 300 g/mol. The second-order valence-electron chi connectivity index (χ2n) is 4.60. The summed E-state index contributed by atoms with van der Waals surface area (Å²) in [6.45, 7) is 0. The lowest BCUT2D eigenvalue weighted by molar-refractivity contribution is 0.102. The fourth-order valence-corrected chi connectivity index (χ4v) is 2.27. The van der Waals surface area contributed by atoms with Crippen LogP contribution in [0.25, 0.3) is 10.9 Å². The van der Waals surface area contributed by atoms with Crippen LogP contribution in [0.4, 0.5) is 5.69 Å². The van der Waals surface area contributed by atoms with Crippen molar-refractivity contribution in [3.63, 3.8) is 0 Å². The molecule has 0 spiro atoms. The zero-order chi connectivity index (χ0) is 14.8. The second-order valence-corrected chi connectivity index (χ2v) is 5.03. The molecule has 1 amide bonds. The number of methoxy groups -OCH3 is 1. The van der Waals surface area contributed by atoms with E-state index in [4.69, 9.17) is 16.3 Å². The number of benzene rings is 2. The summed E-state index contributed by atoms with van der Waals surface area (Å²) in [7, 11) is 1.60. The molecule has 0 fully saturated rings. The van der Waals surface area contributed by atoms with Crippen molar-refractivity contribution in [3.05, 3.63) is 59.2 Å². The summed E-state index contributed by atoms with van der Waals surface area (Å²) in [5, 5.41) is 4.40. The Hall–Kier alpha value is -2.46. The summed E-state index contributed by atoms with van der Waals surface area (Å²) in [6.07, 6.45) is 0. The molecule has 0 saturated carbocycles. The summed E-state index contributed by atoms with van der Waals surface area (Å²) in [5.74, 6) is 0.542. The zero-order valence-corrected chi connectivity index (χ0v) is 12.1. The molecule has 21 heavy (non-hydrogen) atoms. The number of aromatic nitrogens is 1. The normalized spacial score (nSPS) is 10.6. The maximum Gasteiger partial charge on any atom is 0.272 e. The number of carbonyl (C=O) groups excluding carboxylic acids is 1. The Bertz CT molecular complexity index is 794. The molecule has 0 bridgehead atoms. The van der Waals surface area contributed by atoms with Crippen LogP contribution < -0.4 is 10.1 Å². The Morgan fingerprint density at radius 2 is 1.90 bits per heavy atom. The molecule has 0 radical (unpaired) electrons. The fourth-order valence-electron chi connectivity index (χ4n) is 2.09. The van der Waals surface area contributed by atoms with Crippen molar-refractivity contribution >= 4 is 34.1 Å². The van der Waals surface area contributed by atoms with Crippen LogP contribution in [-0.2, 0) is 0 Å². The minimum Gasteiger partial charge on any atom is -0.497 e. The minimum atomic E-state index is -0.201. The van der Waals surface area contributed by atoms with Crippen LogP contribution in [0, 0.1) is 0 Å². The van der Waals surface area contributed by atoms with Crippen molar-refractivity contribution in [2.45, 2.75) is 0 Å². The number of hydrogen-bond donors (Lipinski definition) is 2. The summed E-state index contributed by atoms with van der Waals surface area (Å²) >= 11 is 5.93. The first-order chi connectivity index (χ1) is 10.2. The molecule has 0 aliphatic heterocycles. The molecule has 1 aromatic heterocycles. The molecule has 1 heterocycles. The second kappa shape index (κ2) is 5.50. The molecule has 2 N–H and O–H groups in total. The number of anilines is 1. The van der Waals surface area contributed by atoms with Crippen LogP contribution in [-0.4, -0.2) is 18.0 Å². The van der Waals surface area contributed by atoms with Gasteiger partial charge in [-0.2, -0.15) is 0 Å². The van der Waals surface area contributed by atoms with Gasteiger partial charge in [0, 0.05) is 21.6 Å². The summed E-state index contributed by atoms with van der Waals surface area (Å²) in [5.41, 5.74) is 2.03. The van der Waals surface area contributed by atoms with Crippen LogP contribution in [0.15, 0.2) is 48.5 Å². The molecule has 0 saturated heterocycles. The van der Waals surface area contributed by atoms with E-state index < -0.39 is 0 Å². The Morgan fingerprint density at radius 1 is 1.14 bits per heavy atom. The molecule has 106 valence electrons. The highest BCUT2D eigenvalue weighted by Gasteiger charge is 2.10. The van der Waals surface area contributed by atoms with Crippen molar-refractivity contribution in [1.29, 1.82) is 0 Å². The van der Waals surface area contributed by atoms with E-state index >= 15 is 0 Å². The highest BCUT2D eigenvalue weighted by Crippen LogP contribution is 2.21. The first kappa shape index (κ1) is 13.5. The van der Waals surface area contributed by atoms with Crippen molar-refractivity contribution in [2.24, 2.45) is 0 Å². The number of nitrogens with one attached hydrogen (secondary N) is 2. The van der Waals surface area contributed by atoms with E-state index in [1.807, 2.05) is 6.07 Å². The number of fused-ring (bicyclic) bond motifs is 1. The van der Waals surface area contributed by atoms with Crippen LogP contribution in [0.2, 0.25) is 5.02 Å². The van der Waals surface area contributed by atoms with Gasteiger partial charge >= 0.3 is 0 Å². The van der Waals surface area contributed by atoms with E-state index in [0.29, 0.717) is 16.4 Å². The highest BCUT2D eigenvalue weighted by atomic mass is 35.5. The van der Waals surface area contributed by atoms with Gasteiger partial charge < -0.3 is 15.0 Å². The van der Waals surface area contributed by atoms with Gasteiger partial charge in [0.05, 0.1) is 7.11 Å². The molecule has 2 aromatic carbocycles. The Balaban J connectivity index is 1.82. The largest absolute Gasteiger partial charge is 0.497 e. The Kier molecular flexibility index (Phi) is 3.54. The van der Waals surface area contributed by atoms with E-state index in [1.54, 1.807) is 49.6 Å². The summed E-state index contributed by atoms with van der Waals surface area (Å²) < 4.78 is 5.08. The van der Waals surface area contributed by atoms with Crippen LogP contribution >= 0.6 is 11.6 Å². The average Bonchev–Trinajstić information content (AvgIpc) is 2.91. The number of carbonyl (C=O) groups is 1. The lowest BCUT2D eigenvalue weighted by Crippen LogP contribution is -2.12. The van der Waals surface area contributed by atoms with Gasteiger partial charge in [-0.25, -0.2) is 0 Å².